The Labute approximate surface area is 104 Å². The fourth-order valence-electron chi connectivity index (χ4n) is 1.39. The molecule has 0 saturated heterocycles. The summed E-state index contributed by atoms with van der Waals surface area (Å²) in [5.74, 6) is 0. The van der Waals surface area contributed by atoms with Crippen LogP contribution in [0.15, 0.2) is 24.4 Å². The zero-order chi connectivity index (χ0) is 12.3. The van der Waals surface area contributed by atoms with Gasteiger partial charge >= 0.3 is 0 Å². The van der Waals surface area contributed by atoms with Gasteiger partial charge in [-0.25, -0.2) is 0 Å². The second-order valence-electron chi connectivity index (χ2n) is 3.51. The van der Waals surface area contributed by atoms with E-state index < -0.39 is 0 Å². The van der Waals surface area contributed by atoms with Gasteiger partial charge in [-0.05, 0) is 18.2 Å². The first-order valence-electron chi connectivity index (χ1n) is 4.98. The van der Waals surface area contributed by atoms with E-state index in [4.69, 9.17) is 16.9 Å². The molecule has 0 atom stereocenters. The van der Waals surface area contributed by atoms with Crippen molar-refractivity contribution in [3.8, 4) is 6.07 Å². The van der Waals surface area contributed by atoms with E-state index in [-0.39, 0.29) is 0 Å². The standard InChI is InChI=1S/C11H10ClN5/c1-17-9(7-15-16-17)6-14-11-4-8(5-13)2-3-10(11)12/h2-4,7,14H,6H2,1H3. The number of nitriles is 1. The van der Waals surface area contributed by atoms with E-state index in [0.29, 0.717) is 17.1 Å². The molecule has 1 aromatic heterocycles. The second-order valence-corrected chi connectivity index (χ2v) is 3.92. The van der Waals surface area contributed by atoms with E-state index in [1.54, 1.807) is 29.1 Å². The van der Waals surface area contributed by atoms with Gasteiger partial charge in [0.25, 0.3) is 0 Å². The summed E-state index contributed by atoms with van der Waals surface area (Å²) in [6, 6.07) is 7.16. The molecule has 0 aliphatic rings. The SMILES string of the molecule is Cn1nncc1CNc1cc(C#N)ccc1Cl. The van der Waals surface area contributed by atoms with Gasteiger partial charge in [-0.3, -0.25) is 4.68 Å². The number of hydrogen-bond acceptors (Lipinski definition) is 4. The first-order chi connectivity index (χ1) is 8.20. The zero-order valence-electron chi connectivity index (χ0n) is 9.18. The fourth-order valence-corrected chi connectivity index (χ4v) is 1.57. The van der Waals surface area contributed by atoms with Crippen molar-refractivity contribution in [3.63, 3.8) is 0 Å². The van der Waals surface area contributed by atoms with Gasteiger partial charge < -0.3 is 5.32 Å². The lowest BCUT2D eigenvalue weighted by molar-refractivity contribution is 0.683. The van der Waals surface area contributed by atoms with Crippen molar-refractivity contribution in [2.24, 2.45) is 7.05 Å². The number of aryl methyl sites for hydroxylation is 1. The Hall–Kier alpha value is -2.06. The fraction of sp³-hybridized carbons (Fsp3) is 0.182. The molecule has 17 heavy (non-hydrogen) atoms. The average molecular weight is 248 g/mol. The van der Waals surface area contributed by atoms with E-state index in [0.717, 1.165) is 11.4 Å². The highest BCUT2D eigenvalue weighted by Crippen LogP contribution is 2.23. The van der Waals surface area contributed by atoms with E-state index >= 15 is 0 Å². The third kappa shape index (κ3) is 2.55. The Bertz CT molecular complexity index is 569. The number of nitrogens with zero attached hydrogens (tertiary/aromatic N) is 4. The van der Waals surface area contributed by atoms with Crippen LogP contribution in [0.1, 0.15) is 11.3 Å². The molecule has 0 aliphatic heterocycles. The zero-order valence-corrected chi connectivity index (χ0v) is 9.94. The average Bonchev–Trinajstić information content (AvgIpc) is 2.74. The minimum absolute atomic E-state index is 0.554. The lowest BCUT2D eigenvalue weighted by Crippen LogP contribution is -2.05. The molecule has 86 valence electrons. The predicted molar refractivity (Wildman–Crippen MR) is 64.5 cm³/mol. The molecule has 5 nitrogen and oxygen atoms in total. The molecule has 0 unspecified atom stereocenters. The quantitative estimate of drug-likeness (QED) is 0.900. The molecular formula is C11H10ClN5. The number of nitrogens with one attached hydrogen (secondary N) is 1. The van der Waals surface area contributed by atoms with Crippen molar-refractivity contribution in [1.82, 2.24) is 15.0 Å². The van der Waals surface area contributed by atoms with Crippen LogP contribution in [0.2, 0.25) is 5.02 Å². The summed E-state index contributed by atoms with van der Waals surface area (Å²) in [6.07, 6.45) is 1.68. The van der Waals surface area contributed by atoms with Gasteiger partial charge in [-0.15, -0.1) is 5.10 Å². The Morgan fingerprint density at radius 1 is 1.53 bits per heavy atom. The van der Waals surface area contributed by atoms with Crippen LogP contribution in [-0.2, 0) is 13.6 Å². The van der Waals surface area contributed by atoms with Crippen molar-refractivity contribution in [1.29, 1.82) is 5.26 Å². The van der Waals surface area contributed by atoms with Crippen LogP contribution >= 0.6 is 11.6 Å². The summed E-state index contributed by atoms with van der Waals surface area (Å²) < 4.78 is 1.68. The van der Waals surface area contributed by atoms with Crippen LogP contribution in [0.25, 0.3) is 0 Å². The lowest BCUT2D eigenvalue weighted by atomic mass is 10.2. The molecule has 0 saturated carbocycles. The Morgan fingerprint density at radius 2 is 2.35 bits per heavy atom. The van der Waals surface area contributed by atoms with Crippen LogP contribution in [0.5, 0.6) is 0 Å². The molecule has 1 heterocycles. The van der Waals surface area contributed by atoms with Gasteiger partial charge in [-0.1, -0.05) is 16.8 Å². The van der Waals surface area contributed by atoms with Crippen LogP contribution < -0.4 is 5.32 Å². The van der Waals surface area contributed by atoms with Crippen LogP contribution in [-0.4, -0.2) is 15.0 Å². The predicted octanol–water partition coefficient (Wildman–Crippen LogP) is 1.95. The Balaban J connectivity index is 2.14. The molecular weight excluding hydrogens is 238 g/mol. The number of aromatic nitrogens is 3. The molecule has 0 amide bonds. The van der Waals surface area contributed by atoms with Crippen LogP contribution in [0.3, 0.4) is 0 Å². The maximum Gasteiger partial charge on any atom is 0.0992 e. The van der Waals surface area contributed by atoms with Gasteiger partial charge in [0.05, 0.1) is 40.8 Å². The summed E-state index contributed by atoms with van der Waals surface area (Å²) in [5, 5.41) is 20.1. The largest absolute Gasteiger partial charge is 0.378 e. The lowest BCUT2D eigenvalue weighted by Gasteiger charge is -2.08. The van der Waals surface area contributed by atoms with Crippen LogP contribution in [0.4, 0.5) is 5.69 Å². The summed E-state index contributed by atoms with van der Waals surface area (Å²) in [6.45, 7) is 0.554. The Kier molecular flexibility index (Phi) is 3.26. The molecule has 2 aromatic rings. The van der Waals surface area contributed by atoms with Crippen molar-refractivity contribution in [2.45, 2.75) is 6.54 Å². The monoisotopic (exact) mass is 247 g/mol. The summed E-state index contributed by atoms with van der Waals surface area (Å²) >= 11 is 6.02. The highest BCUT2D eigenvalue weighted by Gasteiger charge is 2.04. The normalized spacial score (nSPS) is 9.94. The number of benzene rings is 1. The van der Waals surface area contributed by atoms with E-state index in [9.17, 15) is 0 Å². The highest BCUT2D eigenvalue weighted by molar-refractivity contribution is 6.33. The molecule has 0 fully saturated rings. The molecule has 0 spiro atoms. The van der Waals surface area contributed by atoms with Gasteiger partial charge in [0.1, 0.15) is 0 Å². The van der Waals surface area contributed by atoms with Gasteiger partial charge in [0, 0.05) is 7.05 Å². The number of hydrogen-bond donors (Lipinski definition) is 1. The van der Waals surface area contributed by atoms with E-state index in [1.807, 2.05) is 7.05 Å². The first-order valence-corrected chi connectivity index (χ1v) is 5.35. The highest BCUT2D eigenvalue weighted by atomic mass is 35.5. The summed E-state index contributed by atoms with van der Waals surface area (Å²) in [7, 11) is 1.82. The Morgan fingerprint density at radius 3 is 3.00 bits per heavy atom. The van der Waals surface area contributed by atoms with Crippen molar-refractivity contribution >= 4 is 17.3 Å². The van der Waals surface area contributed by atoms with Gasteiger partial charge in [0.2, 0.25) is 0 Å². The van der Waals surface area contributed by atoms with Crippen molar-refractivity contribution in [2.75, 3.05) is 5.32 Å². The molecule has 1 aromatic carbocycles. The van der Waals surface area contributed by atoms with E-state index in [2.05, 4.69) is 21.7 Å². The van der Waals surface area contributed by atoms with Gasteiger partial charge in [0.15, 0.2) is 0 Å². The maximum atomic E-state index is 8.80. The number of rotatable bonds is 3. The van der Waals surface area contributed by atoms with Gasteiger partial charge in [-0.2, -0.15) is 5.26 Å². The minimum Gasteiger partial charge on any atom is -0.378 e. The second kappa shape index (κ2) is 4.85. The molecule has 0 aliphatic carbocycles. The molecule has 2 rings (SSSR count). The topological polar surface area (TPSA) is 66.5 Å². The molecule has 6 heteroatoms. The third-order valence-electron chi connectivity index (χ3n) is 2.36. The summed E-state index contributed by atoms with van der Waals surface area (Å²) in [4.78, 5) is 0. The van der Waals surface area contributed by atoms with E-state index in [1.165, 1.54) is 0 Å². The first kappa shape index (κ1) is 11.4. The summed E-state index contributed by atoms with van der Waals surface area (Å²) in [5.41, 5.74) is 2.23. The van der Waals surface area contributed by atoms with Crippen LogP contribution in [0, 0.1) is 11.3 Å². The third-order valence-corrected chi connectivity index (χ3v) is 2.69. The number of halogens is 1. The maximum absolute atomic E-state index is 8.80. The molecule has 0 bridgehead atoms. The van der Waals surface area contributed by atoms with Crippen molar-refractivity contribution < 1.29 is 0 Å². The molecule has 1 N–H and O–H groups in total. The number of anilines is 1. The molecule has 0 radical (unpaired) electrons. The minimum atomic E-state index is 0.554. The smallest absolute Gasteiger partial charge is 0.0992 e. The van der Waals surface area contributed by atoms with Crippen molar-refractivity contribution in [3.05, 3.63) is 40.7 Å².